The van der Waals surface area contributed by atoms with E-state index in [0.29, 0.717) is 25.7 Å². The maximum absolute atomic E-state index is 11.9. The SMILES string of the molecule is CC[C@@H]1CO[C@H](C(=O)NCc2ccccc2)CN1. The van der Waals surface area contributed by atoms with Gasteiger partial charge in [0.25, 0.3) is 5.91 Å². The zero-order valence-electron chi connectivity index (χ0n) is 10.7. The highest BCUT2D eigenvalue weighted by atomic mass is 16.5. The summed E-state index contributed by atoms with van der Waals surface area (Å²) in [7, 11) is 0. The molecule has 1 heterocycles. The topological polar surface area (TPSA) is 50.4 Å². The standard InChI is InChI=1S/C14H20N2O2/c1-2-12-10-18-13(9-15-12)14(17)16-8-11-6-4-3-5-7-11/h3-7,12-13,15H,2,8-10H2,1H3,(H,16,17)/t12-,13+/m1/s1. The first-order valence-corrected chi connectivity index (χ1v) is 6.46. The third-order valence-electron chi connectivity index (χ3n) is 3.19. The van der Waals surface area contributed by atoms with Gasteiger partial charge in [-0.15, -0.1) is 0 Å². The minimum atomic E-state index is -0.364. The van der Waals surface area contributed by atoms with Crippen LogP contribution in [0.15, 0.2) is 30.3 Å². The molecule has 2 N–H and O–H groups in total. The van der Waals surface area contributed by atoms with E-state index in [1.54, 1.807) is 0 Å². The van der Waals surface area contributed by atoms with Crippen molar-refractivity contribution >= 4 is 5.91 Å². The summed E-state index contributed by atoms with van der Waals surface area (Å²) in [5.41, 5.74) is 1.10. The Morgan fingerprint density at radius 2 is 2.22 bits per heavy atom. The normalized spacial score (nSPS) is 23.6. The van der Waals surface area contributed by atoms with E-state index in [4.69, 9.17) is 4.74 Å². The third kappa shape index (κ3) is 3.55. The van der Waals surface area contributed by atoms with Crippen LogP contribution in [0.3, 0.4) is 0 Å². The maximum atomic E-state index is 11.9. The molecule has 1 aliphatic rings. The molecule has 0 bridgehead atoms. The van der Waals surface area contributed by atoms with Gasteiger partial charge in [-0.25, -0.2) is 0 Å². The number of hydrogen-bond acceptors (Lipinski definition) is 3. The second kappa shape index (κ2) is 6.52. The summed E-state index contributed by atoms with van der Waals surface area (Å²) >= 11 is 0. The Balaban J connectivity index is 1.75. The fourth-order valence-electron chi connectivity index (χ4n) is 1.95. The zero-order chi connectivity index (χ0) is 12.8. The third-order valence-corrected chi connectivity index (χ3v) is 3.19. The van der Waals surface area contributed by atoms with Gasteiger partial charge >= 0.3 is 0 Å². The molecular weight excluding hydrogens is 228 g/mol. The van der Waals surface area contributed by atoms with Crippen LogP contribution in [0.4, 0.5) is 0 Å². The Labute approximate surface area is 108 Å². The molecule has 1 aliphatic heterocycles. The fourth-order valence-corrected chi connectivity index (χ4v) is 1.95. The maximum Gasteiger partial charge on any atom is 0.250 e. The highest BCUT2D eigenvalue weighted by Gasteiger charge is 2.25. The lowest BCUT2D eigenvalue weighted by molar-refractivity contribution is -0.135. The number of hydrogen-bond donors (Lipinski definition) is 2. The van der Waals surface area contributed by atoms with Gasteiger partial charge in [0, 0.05) is 19.1 Å². The highest BCUT2D eigenvalue weighted by Crippen LogP contribution is 2.05. The predicted octanol–water partition coefficient (Wildman–Crippen LogP) is 1.07. The molecule has 1 aromatic carbocycles. The first-order valence-electron chi connectivity index (χ1n) is 6.46. The van der Waals surface area contributed by atoms with E-state index in [1.807, 2.05) is 30.3 Å². The number of morpholine rings is 1. The molecule has 0 aromatic heterocycles. The lowest BCUT2D eigenvalue weighted by Crippen LogP contribution is -2.51. The lowest BCUT2D eigenvalue weighted by atomic mass is 10.1. The first kappa shape index (κ1) is 13.1. The number of amides is 1. The average molecular weight is 248 g/mol. The van der Waals surface area contributed by atoms with Crippen LogP contribution in [0.5, 0.6) is 0 Å². The van der Waals surface area contributed by atoms with E-state index in [0.717, 1.165) is 12.0 Å². The van der Waals surface area contributed by atoms with Crippen molar-refractivity contribution in [1.29, 1.82) is 0 Å². The summed E-state index contributed by atoms with van der Waals surface area (Å²) in [5.74, 6) is -0.0408. The molecule has 0 spiro atoms. The first-order chi connectivity index (χ1) is 8.79. The summed E-state index contributed by atoms with van der Waals surface area (Å²) in [6, 6.07) is 10.3. The van der Waals surface area contributed by atoms with Gasteiger partial charge < -0.3 is 15.4 Å². The zero-order valence-corrected chi connectivity index (χ0v) is 10.7. The Morgan fingerprint density at radius 3 is 2.83 bits per heavy atom. The lowest BCUT2D eigenvalue weighted by Gasteiger charge is -2.28. The number of rotatable bonds is 4. The van der Waals surface area contributed by atoms with E-state index in [2.05, 4.69) is 17.6 Å². The molecular formula is C14H20N2O2. The summed E-state index contributed by atoms with van der Waals surface area (Å²) in [6.45, 7) is 3.87. The average Bonchev–Trinajstić information content (AvgIpc) is 2.46. The molecule has 4 nitrogen and oxygen atoms in total. The van der Waals surface area contributed by atoms with Gasteiger partial charge in [0.1, 0.15) is 6.10 Å². The number of carbonyl (C=O) groups excluding carboxylic acids is 1. The smallest absolute Gasteiger partial charge is 0.250 e. The minimum Gasteiger partial charge on any atom is -0.365 e. The van der Waals surface area contributed by atoms with Crippen LogP contribution < -0.4 is 10.6 Å². The molecule has 2 rings (SSSR count). The van der Waals surface area contributed by atoms with Crippen molar-refractivity contribution in [2.24, 2.45) is 0 Å². The predicted molar refractivity (Wildman–Crippen MR) is 70.1 cm³/mol. The molecule has 0 saturated carbocycles. The number of ether oxygens (including phenoxy) is 1. The quantitative estimate of drug-likeness (QED) is 0.838. The van der Waals surface area contributed by atoms with Gasteiger partial charge in [-0.1, -0.05) is 37.3 Å². The second-order valence-corrected chi connectivity index (χ2v) is 4.54. The molecule has 1 aromatic rings. The van der Waals surface area contributed by atoms with Gasteiger partial charge in [-0.3, -0.25) is 4.79 Å². The fraction of sp³-hybridized carbons (Fsp3) is 0.500. The second-order valence-electron chi connectivity index (χ2n) is 4.54. The van der Waals surface area contributed by atoms with Crippen molar-refractivity contribution in [2.45, 2.75) is 32.0 Å². The Hall–Kier alpha value is -1.39. The summed E-state index contributed by atoms with van der Waals surface area (Å²) < 4.78 is 5.56. The van der Waals surface area contributed by atoms with Crippen molar-refractivity contribution < 1.29 is 9.53 Å². The Morgan fingerprint density at radius 1 is 1.44 bits per heavy atom. The molecule has 1 fully saturated rings. The van der Waals surface area contributed by atoms with E-state index in [1.165, 1.54) is 0 Å². The molecule has 2 atom stereocenters. The molecule has 4 heteroatoms. The van der Waals surface area contributed by atoms with Crippen LogP contribution in [-0.4, -0.2) is 31.2 Å². The van der Waals surface area contributed by atoms with E-state index >= 15 is 0 Å². The van der Waals surface area contributed by atoms with Crippen molar-refractivity contribution in [3.63, 3.8) is 0 Å². The van der Waals surface area contributed by atoms with Gasteiger partial charge in [-0.05, 0) is 12.0 Å². The monoisotopic (exact) mass is 248 g/mol. The van der Waals surface area contributed by atoms with Crippen molar-refractivity contribution in [1.82, 2.24) is 10.6 Å². The van der Waals surface area contributed by atoms with Crippen LogP contribution in [0.25, 0.3) is 0 Å². The molecule has 0 radical (unpaired) electrons. The molecule has 0 aliphatic carbocycles. The van der Waals surface area contributed by atoms with Crippen molar-refractivity contribution in [3.8, 4) is 0 Å². The van der Waals surface area contributed by atoms with Crippen molar-refractivity contribution in [3.05, 3.63) is 35.9 Å². The molecule has 18 heavy (non-hydrogen) atoms. The molecule has 1 saturated heterocycles. The van der Waals surface area contributed by atoms with Gasteiger partial charge in [0.2, 0.25) is 0 Å². The molecule has 0 unspecified atom stereocenters. The molecule has 98 valence electrons. The summed E-state index contributed by atoms with van der Waals surface area (Å²) in [5, 5.41) is 6.21. The molecule has 1 amide bonds. The van der Waals surface area contributed by atoms with Crippen LogP contribution >= 0.6 is 0 Å². The summed E-state index contributed by atoms with van der Waals surface area (Å²) in [6.07, 6.45) is 0.662. The Kier molecular flexibility index (Phi) is 4.73. The van der Waals surface area contributed by atoms with E-state index in [9.17, 15) is 4.79 Å². The minimum absolute atomic E-state index is 0.0408. The van der Waals surface area contributed by atoms with Gasteiger partial charge in [-0.2, -0.15) is 0 Å². The van der Waals surface area contributed by atoms with E-state index < -0.39 is 0 Å². The van der Waals surface area contributed by atoms with Crippen LogP contribution in [0, 0.1) is 0 Å². The number of carbonyl (C=O) groups is 1. The number of nitrogens with one attached hydrogen (secondary N) is 2. The van der Waals surface area contributed by atoms with Crippen LogP contribution in [0.2, 0.25) is 0 Å². The van der Waals surface area contributed by atoms with Crippen LogP contribution in [-0.2, 0) is 16.1 Å². The van der Waals surface area contributed by atoms with Crippen molar-refractivity contribution in [2.75, 3.05) is 13.2 Å². The van der Waals surface area contributed by atoms with Crippen LogP contribution in [0.1, 0.15) is 18.9 Å². The van der Waals surface area contributed by atoms with E-state index in [-0.39, 0.29) is 12.0 Å². The highest BCUT2D eigenvalue weighted by molar-refractivity contribution is 5.81. The Bertz CT molecular complexity index is 373. The number of benzene rings is 1. The van der Waals surface area contributed by atoms with Gasteiger partial charge in [0.05, 0.1) is 6.61 Å². The van der Waals surface area contributed by atoms with Gasteiger partial charge in [0.15, 0.2) is 0 Å². The summed E-state index contributed by atoms with van der Waals surface area (Å²) in [4.78, 5) is 11.9. The largest absolute Gasteiger partial charge is 0.365 e.